The molecule has 1 unspecified atom stereocenters. The number of halogens is 1. The summed E-state index contributed by atoms with van der Waals surface area (Å²) in [7, 11) is 0. The fraction of sp³-hybridized carbons (Fsp3) is 0.364. The lowest BCUT2D eigenvalue weighted by Gasteiger charge is -2.11. The first kappa shape index (κ1) is 11.9. The number of rotatable bonds is 3. The Labute approximate surface area is 94.6 Å². The van der Waals surface area contributed by atoms with Gasteiger partial charge >= 0.3 is 0 Å². The summed E-state index contributed by atoms with van der Waals surface area (Å²) in [6.45, 7) is 3.97. The van der Waals surface area contributed by atoms with Crippen molar-refractivity contribution in [1.82, 2.24) is 5.32 Å². The third kappa shape index (κ3) is 3.13. The first-order chi connectivity index (χ1) is 7.04. The van der Waals surface area contributed by atoms with Crippen molar-refractivity contribution in [3.63, 3.8) is 0 Å². The molecule has 0 fully saturated rings. The van der Waals surface area contributed by atoms with Crippen LogP contribution in [0.1, 0.15) is 30.6 Å². The largest absolute Gasteiger partial charge is 0.398 e. The Morgan fingerprint density at radius 3 is 2.80 bits per heavy atom. The number of hydrogen-bond donors (Lipinski definition) is 2. The fourth-order valence-corrected chi connectivity index (χ4v) is 1.21. The van der Waals surface area contributed by atoms with Gasteiger partial charge in [-0.1, -0.05) is 18.5 Å². The van der Waals surface area contributed by atoms with E-state index in [-0.39, 0.29) is 11.9 Å². The molecule has 0 saturated heterocycles. The quantitative estimate of drug-likeness (QED) is 0.778. The maximum Gasteiger partial charge on any atom is 0.251 e. The summed E-state index contributed by atoms with van der Waals surface area (Å²) in [5.74, 6) is -0.118. The van der Waals surface area contributed by atoms with Crippen molar-refractivity contribution in [2.75, 3.05) is 5.73 Å². The molecular formula is C11H15ClN2O. The predicted octanol–water partition coefficient (Wildman–Crippen LogP) is 2.45. The second kappa shape index (κ2) is 5.03. The van der Waals surface area contributed by atoms with Crippen LogP contribution in [0.25, 0.3) is 0 Å². The van der Waals surface area contributed by atoms with E-state index < -0.39 is 0 Å². The minimum atomic E-state index is -0.118. The summed E-state index contributed by atoms with van der Waals surface area (Å²) in [5.41, 5.74) is 6.57. The first-order valence-electron chi connectivity index (χ1n) is 4.90. The molecule has 3 nitrogen and oxygen atoms in total. The van der Waals surface area contributed by atoms with Gasteiger partial charge < -0.3 is 11.1 Å². The third-order valence-electron chi connectivity index (χ3n) is 2.25. The average Bonchev–Trinajstić information content (AvgIpc) is 2.21. The van der Waals surface area contributed by atoms with Gasteiger partial charge in [0.25, 0.3) is 5.91 Å². The maximum absolute atomic E-state index is 11.7. The molecule has 0 aliphatic heterocycles. The monoisotopic (exact) mass is 226 g/mol. The summed E-state index contributed by atoms with van der Waals surface area (Å²) < 4.78 is 0. The normalized spacial score (nSPS) is 12.2. The second-order valence-corrected chi connectivity index (χ2v) is 3.93. The second-order valence-electron chi connectivity index (χ2n) is 3.52. The molecule has 3 N–H and O–H groups in total. The van der Waals surface area contributed by atoms with Crippen LogP contribution < -0.4 is 11.1 Å². The first-order valence-corrected chi connectivity index (χ1v) is 5.28. The number of carbonyl (C=O) groups is 1. The highest BCUT2D eigenvalue weighted by Gasteiger charge is 2.09. The molecule has 0 aliphatic carbocycles. The van der Waals surface area contributed by atoms with Gasteiger partial charge in [0.1, 0.15) is 0 Å². The number of nitrogen functional groups attached to an aromatic ring is 1. The molecule has 4 heteroatoms. The van der Waals surface area contributed by atoms with Gasteiger partial charge in [-0.25, -0.2) is 0 Å². The van der Waals surface area contributed by atoms with E-state index in [4.69, 9.17) is 17.3 Å². The fourth-order valence-electron chi connectivity index (χ4n) is 1.09. The van der Waals surface area contributed by atoms with Gasteiger partial charge in [-0.15, -0.1) is 0 Å². The van der Waals surface area contributed by atoms with Crippen LogP contribution in [0.2, 0.25) is 5.02 Å². The minimum absolute atomic E-state index is 0.118. The standard InChI is InChI=1S/C11H15ClN2O/c1-3-7(2)14-11(15)8-4-5-9(12)10(13)6-8/h4-7H,3,13H2,1-2H3,(H,14,15). The Hall–Kier alpha value is -1.22. The molecule has 1 aromatic carbocycles. The molecule has 1 atom stereocenters. The van der Waals surface area contributed by atoms with Crippen molar-refractivity contribution in [2.45, 2.75) is 26.3 Å². The molecule has 0 saturated carbocycles. The zero-order chi connectivity index (χ0) is 11.4. The van der Waals surface area contributed by atoms with E-state index in [0.717, 1.165) is 6.42 Å². The number of nitrogens with two attached hydrogens (primary N) is 1. The highest BCUT2D eigenvalue weighted by molar-refractivity contribution is 6.33. The van der Waals surface area contributed by atoms with Gasteiger partial charge in [0.2, 0.25) is 0 Å². The smallest absolute Gasteiger partial charge is 0.251 e. The lowest BCUT2D eigenvalue weighted by molar-refractivity contribution is 0.0939. The van der Waals surface area contributed by atoms with E-state index >= 15 is 0 Å². The summed E-state index contributed by atoms with van der Waals surface area (Å²) in [6, 6.07) is 5.04. The number of carbonyl (C=O) groups excluding carboxylic acids is 1. The molecular weight excluding hydrogens is 212 g/mol. The maximum atomic E-state index is 11.7. The van der Waals surface area contributed by atoms with E-state index in [9.17, 15) is 4.79 Å². The van der Waals surface area contributed by atoms with E-state index in [0.29, 0.717) is 16.3 Å². The number of anilines is 1. The number of nitrogens with one attached hydrogen (secondary N) is 1. The van der Waals surface area contributed by atoms with E-state index in [2.05, 4.69) is 5.32 Å². The van der Waals surface area contributed by atoms with Crippen molar-refractivity contribution in [1.29, 1.82) is 0 Å². The van der Waals surface area contributed by atoms with Crippen LogP contribution in [0.5, 0.6) is 0 Å². The zero-order valence-corrected chi connectivity index (χ0v) is 9.64. The molecule has 0 spiro atoms. The number of benzene rings is 1. The molecule has 82 valence electrons. The van der Waals surface area contributed by atoms with Crippen molar-refractivity contribution in [3.05, 3.63) is 28.8 Å². The summed E-state index contributed by atoms with van der Waals surface area (Å²) in [5, 5.41) is 3.32. The average molecular weight is 227 g/mol. The molecule has 0 aliphatic rings. The Morgan fingerprint density at radius 2 is 2.27 bits per heavy atom. The lowest BCUT2D eigenvalue weighted by Crippen LogP contribution is -2.31. The summed E-state index contributed by atoms with van der Waals surface area (Å²) in [4.78, 5) is 11.7. The van der Waals surface area contributed by atoms with Crippen LogP contribution in [0, 0.1) is 0 Å². The van der Waals surface area contributed by atoms with Gasteiger partial charge in [-0.2, -0.15) is 0 Å². The Bertz CT molecular complexity index is 366. The number of hydrogen-bond acceptors (Lipinski definition) is 2. The molecule has 1 aromatic rings. The topological polar surface area (TPSA) is 55.1 Å². The zero-order valence-electron chi connectivity index (χ0n) is 8.88. The molecule has 0 bridgehead atoms. The minimum Gasteiger partial charge on any atom is -0.398 e. The van der Waals surface area contributed by atoms with Crippen LogP contribution >= 0.6 is 11.6 Å². The highest BCUT2D eigenvalue weighted by atomic mass is 35.5. The van der Waals surface area contributed by atoms with Crippen molar-refractivity contribution < 1.29 is 4.79 Å². The van der Waals surface area contributed by atoms with Crippen molar-refractivity contribution >= 4 is 23.2 Å². The SMILES string of the molecule is CCC(C)NC(=O)c1ccc(Cl)c(N)c1. The summed E-state index contributed by atoms with van der Waals surface area (Å²) in [6.07, 6.45) is 0.898. The van der Waals surface area contributed by atoms with Crippen LogP contribution in [0.4, 0.5) is 5.69 Å². The van der Waals surface area contributed by atoms with Gasteiger partial charge in [0.05, 0.1) is 10.7 Å². The summed E-state index contributed by atoms with van der Waals surface area (Å²) >= 11 is 5.76. The van der Waals surface area contributed by atoms with E-state index in [1.807, 2.05) is 13.8 Å². The molecule has 15 heavy (non-hydrogen) atoms. The van der Waals surface area contributed by atoms with Gasteiger partial charge in [0.15, 0.2) is 0 Å². The third-order valence-corrected chi connectivity index (χ3v) is 2.59. The highest BCUT2D eigenvalue weighted by Crippen LogP contribution is 2.19. The van der Waals surface area contributed by atoms with Crippen LogP contribution in [0.15, 0.2) is 18.2 Å². The molecule has 1 rings (SSSR count). The van der Waals surface area contributed by atoms with Crippen LogP contribution in [-0.4, -0.2) is 11.9 Å². The molecule has 0 aromatic heterocycles. The molecule has 1 amide bonds. The Kier molecular flexibility index (Phi) is 3.97. The van der Waals surface area contributed by atoms with Crippen molar-refractivity contribution in [3.8, 4) is 0 Å². The van der Waals surface area contributed by atoms with E-state index in [1.165, 1.54) is 0 Å². The van der Waals surface area contributed by atoms with Crippen LogP contribution in [0.3, 0.4) is 0 Å². The van der Waals surface area contributed by atoms with Gasteiger partial charge in [-0.3, -0.25) is 4.79 Å². The lowest BCUT2D eigenvalue weighted by atomic mass is 10.1. The Balaban J connectivity index is 2.78. The van der Waals surface area contributed by atoms with Crippen LogP contribution in [-0.2, 0) is 0 Å². The van der Waals surface area contributed by atoms with Gasteiger partial charge in [-0.05, 0) is 31.5 Å². The van der Waals surface area contributed by atoms with E-state index in [1.54, 1.807) is 18.2 Å². The van der Waals surface area contributed by atoms with Crippen molar-refractivity contribution in [2.24, 2.45) is 0 Å². The predicted molar refractivity (Wildman–Crippen MR) is 63.1 cm³/mol. The molecule has 0 heterocycles. The van der Waals surface area contributed by atoms with Gasteiger partial charge in [0, 0.05) is 11.6 Å². The number of amides is 1. The molecule has 0 radical (unpaired) electrons. The Morgan fingerprint density at radius 1 is 1.60 bits per heavy atom.